The van der Waals surface area contributed by atoms with Gasteiger partial charge < -0.3 is 20.6 Å². The van der Waals surface area contributed by atoms with E-state index in [1.807, 2.05) is 0 Å². The molecule has 1 heterocycles. The Kier molecular flexibility index (Phi) is 4.46. The zero-order chi connectivity index (χ0) is 14.7. The first kappa shape index (κ1) is 14.6. The van der Waals surface area contributed by atoms with Gasteiger partial charge in [-0.15, -0.1) is 0 Å². The van der Waals surface area contributed by atoms with Crippen LogP contribution in [0, 0.1) is 5.92 Å². The summed E-state index contributed by atoms with van der Waals surface area (Å²) >= 11 is 0. The molecule has 0 radical (unpaired) electrons. The van der Waals surface area contributed by atoms with Crippen LogP contribution >= 0.6 is 0 Å². The van der Waals surface area contributed by atoms with Crippen molar-refractivity contribution >= 4 is 17.9 Å². The molecule has 20 heavy (non-hydrogen) atoms. The smallest absolute Gasteiger partial charge is 0.315 e. The van der Waals surface area contributed by atoms with Crippen LogP contribution in [0.2, 0.25) is 0 Å². The summed E-state index contributed by atoms with van der Waals surface area (Å²) in [6.07, 6.45) is 2.91. The fourth-order valence-corrected chi connectivity index (χ4v) is 2.88. The second-order valence-electron chi connectivity index (χ2n) is 5.67. The lowest BCUT2D eigenvalue weighted by molar-refractivity contribution is -0.141. The summed E-state index contributed by atoms with van der Waals surface area (Å²) in [6, 6.07) is -0.373. The van der Waals surface area contributed by atoms with Crippen LogP contribution in [0.25, 0.3) is 0 Å². The summed E-state index contributed by atoms with van der Waals surface area (Å²) in [5, 5.41) is 14.6. The van der Waals surface area contributed by atoms with Crippen molar-refractivity contribution in [1.82, 2.24) is 15.5 Å². The average Bonchev–Trinajstić information content (AvgIpc) is 2.82. The third-order valence-corrected chi connectivity index (χ3v) is 4.08. The second kappa shape index (κ2) is 6.11. The molecule has 3 amide bonds. The fraction of sp³-hybridized carbons (Fsp3) is 0.769. The van der Waals surface area contributed by atoms with Gasteiger partial charge in [0, 0.05) is 32.1 Å². The van der Waals surface area contributed by atoms with Gasteiger partial charge in [0.25, 0.3) is 0 Å². The van der Waals surface area contributed by atoms with Crippen LogP contribution in [0.1, 0.15) is 32.1 Å². The molecule has 0 aromatic carbocycles. The first-order valence-electron chi connectivity index (χ1n) is 6.99. The van der Waals surface area contributed by atoms with Crippen LogP contribution in [-0.4, -0.2) is 53.6 Å². The first-order chi connectivity index (χ1) is 9.45. The summed E-state index contributed by atoms with van der Waals surface area (Å²) in [5.41, 5.74) is 0. The van der Waals surface area contributed by atoms with Crippen molar-refractivity contribution in [2.24, 2.45) is 5.92 Å². The molecule has 2 aliphatic rings. The maximum atomic E-state index is 11.9. The van der Waals surface area contributed by atoms with Crippen molar-refractivity contribution in [3.05, 3.63) is 0 Å². The highest BCUT2D eigenvalue weighted by molar-refractivity contribution is 5.78. The number of carboxylic acid groups (broad SMARTS) is 1. The predicted octanol–water partition coefficient (Wildman–Crippen LogP) is 0.160. The minimum Gasteiger partial charge on any atom is -0.481 e. The Bertz CT molecular complexity index is 412. The Balaban J connectivity index is 1.73. The molecular weight excluding hydrogens is 262 g/mol. The lowest BCUT2D eigenvalue weighted by Crippen LogP contribution is -2.52. The zero-order valence-electron chi connectivity index (χ0n) is 11.6. The van der Waals surface area contributed by atoms with E-state index in [9.17, 15) is 14.4 Å². The standard InChI is InChI=1S/C13H21N3O4/c1-16-7-10(4-5-11(16)17)15-13(20)14-9-3-2-8(6-9)12(18)19/h8-10H,2-7H2,1H3,(H,18,19)(H2,14,15,20). The molecule has 7 heteroatoms. The van der Waals surface area contributed by atoms with E-state index in [1.54, 1.807) is 11.9 Å². The van der Waals surface area contributed by atoms with Gasteiger partial charge in [0.1, 0.15) is 0 Å². The summed E-state index contributed by atoms with van der Waals surface area (Å²) in [7, 11) is 1.72. The van der Waals surface area contributed by atoms with Gasteiger partial charge in [-0.3, -0.25) is 9.59 Å². The summed E-state index contributed by atoms with van der Waals surface area (Å²) < 4.78 is 0. The van der Waals surface area contributed by atoms with Gasteiger partial charge in [-0.25, -0.2) is 4.79 Å². The number of nitrogens with zero attached hydrogens (tertiary/aromatic N) is 1. The third-order valence-electron chi connectivity index (χ3n) is 4.08. The van der Waals surface area contributed by atoms with Gasteiger partial charge in [-0.1, -0.05) is 0 Å². The van der Waals surface area contributed by atoms with E-state index < -0.39 is 5.97 Å². The maximum Gasteiger partial charge on any atom is 0.315 e. The quantitative estimate of drug-likeness (QED) is 0.687. The zero-order valence-corrected chi connectivity index (χ0v) is 11.6. The molecule has 0 bridgehead atoms. The summed E-state index contributed by atoms with van der Waals surface area (Å²) in [5.74, 6) is -1.04. The minimum absolute atomic E-state index is 0.0330. The lowest BCUT2D eigenvalue weighted by atomic mass is 10.1. The van der Waals surface area contributed by atoms with Crippen molar-refractivity contribution < 1.29 is 19.5 Å². The molecule has 3 N–H and O–H groups in total. The maximum absolute atomic E-state index is 11.9. The van der Waals surface area contributed by atoms with Crippen LogP contribution in [0.15, 0.2) is 0 Å². The molecule has 1 saturated heterocycles. The number of likely N-dealkylation sites (tertiary alicyclic amines) is 1. The largest absolute Gasteiger partial charge is 0.481 e. The fourth-order valence-electron chi connectivity index (χ4n) is 2.88. The normalized spacial score (nSPS) is 30.1. The number of nitrogens with one attached hydrogen (secondary N) is 2. The van der Waals surface area contributed by atoms with Gasteiger partial charge in [0.2, 0.25) is 5.91 Å². The monoisotopic (exact) mass is 283 g/mol. The molecule has 0 aromatic rings. The minimum atomic E-state index is -0.790. The SMILES string of the molecule is CN1CC(NC(=O)NC2CCC(C(=O)O)C2)CCC1=O. The van der Waals surface area contributed by atoms with Crippen molar-refractivity contribution in [1.29, 1.82) is 0 Å². The Labute approximate surface area is 117 Å². The number of aliphatic carboxylic acids is 1. The van der Waals surface area contributed by atoms with Gasteiger partial charge in [0.05, 0.1) is 5.92 Å². The molecule has 1 aliphatic carbocycles. The van der Waals surface area contributed by atoms with E-state index in [-0.39, 0.29) is 29.9 Å². The highest BCUT2D eigenvalue weighted by atomic mass is 16.4. The number of carbonyl (C=O) groups is 3. The van der Waals surface area contributed by atoms with Gasteiger partial charge in [-0.2, -0.15) is 0 Å². The second-order valence-corrected chi connectivity index (χ2v) is 5.67. The molecule has 0 aromatic heterocycles. The lowest BCUT2D eigenvalue weighted by Gasteiger charge is -2.30. The number of hydrogen-bond acceptors (Lipinski definition) is 3. The number of urea groups is 1. The summed E-state index contributed by atoms with van der Waals surface area (Å²) in [6.45, 7) is 0.522. The predicted molar refractivity (Wildman–Crippen MR) is 71.1 cm³/mol. The number of carboxylic acids is 1. The summed E-state index contributed by atoms with van der Waals surface area (Å²) in [4.78, 5) is 35.7. The molecule has 7 nitrogen and oxygen atoms in total. The molecule has 2 rings (SSSR count). The van der Waals surface area contributed by atoms with E-state index in [0.717, 1.165) is 0 Å². The highest BCUT2D eigenvalue weighted by Gasteiger charge is 2.31. The van der Waals surface area contributed by atoms with E-state index in [2.05, 4.69) is 10.6 Å². The number of rotatable bonds is 3. The topological polar surface area (TPSA) is 98.7 Å². The molecule has 3 unspecified atom stereocenters. The van der Waals surface area contributed by atoms with E-state index >= 15 is 0 Å². The van der Waals surface area contributed by atoms with Gasteiger partial charge in [0.15, 0.2) is 0 Å². The Morgan fingerprint density at radius 1 is 1.20 bits per heavy atom. The molecule has 1 saturated carbocycles. The molecule has 112 valence electrons. The van der Waals surface area contributed by atoms with E-state index in [0.29, 0.717) is 38.6 Å². The third kappa shape index (κ3) is 3.61. The van der Waals surface area contributed by atoms with Crippen LogP contribution in [0.5, 0.6) is 0 Å². The average molecular weight is 283 g/mol. The van der Waals surface area contributed by atoms with Crippen molar-refractivity contribution in [3.63, 3.8) is 0 Å². The molecule has 3 atom stereocenters. The van der Waals surface area contributed by atoms with Crippen molar-refractivity contribution in [3.8, 4) is 0 Å². The highest BCUT2D eigenvalue weighted by Crippen LogP contribution is 2.25. The van der Waals surface area contributed by atoms with Crippen molar-refractivity contribution in [2.45, 2.75) is 44.2 Å². The van der Waals surface area contributed by atoms with Crippen LogP contribution in [0.3, 0.4) is 0 Å². The number of carbonyl (C=O) groups excluding carboxylic acids is 2. The molecule has 0 spiro atoms. The Morgan fingerprint density at radius 2 is 1.90 bits per heavy atom. The number of amides is 3. The molecule has 1 aliphatic heterocycles. The number of likely N-dealkylation sites (N-methyl/N-ethyl adjacent to an activating group) is 1. The molecule has 2 fully saturated rings. The number of hydrogen-bond donors (Lipinski definition) is 3. The van der Waals surface area contributed by atoms with Crippen LogP contribution in [0.4, 0.5) is 4.79 Å². The van der Waals surface area contributed by atoms with E-state index in [4.69, 9.17) is 5.11 Å². The van der Waals surface area contributed by atoms with Gasteiger partial charge >= 0.3 is 12.0 Å². The Morgan fingerprint density at radius 3 is 2.50 bits per heavy atom. The molecular formula is C13H21N3O4. The van der Waals surface area contributed by atoms with Crippen LogP contribution in [-0.2, 0) is 9.59 Å². The van der Waals surface area contributed by atoms with Crippen LogP contribution < -0.4 is 10.6 Å². The van der Waals surface area contributed by atoms with Crippen molar-refractivity contribution in [2.75, 3.05) is 13.6 Å². The first-order valence-corrected chi connectivity index (χ1v) is 6.99. The van der Waals surface area contributed by atoms with Gasteiger partial charge in [-0.05, 0) is 25.7 Å². The van der Waals surface area contributed by atoms with E-state index in [1.165, 1.54) is 0 Å². The Hall–Kier alpha value is -1.79. The number of piperidine rings is 1.